The molecule has 1 aliphatic carbocycles. The second-order valence-electron chi connectivity index (χ2n) is 15.9. The number of nitrogens with zero attached hydrogens (tertiary/aromatic N) is 1. The molecule has 1 heterocycles. The predicted molar refractivity (Wildman–Crippen MR) is 170 cm³/mol. The third-order valence-corrected chi connectivity index (χ3v) is 10.2. The van der Waals surface area contributed by atoms with Crippen LogP contribution in [0.2, 0.25) is 0 Å². The minimum atomic E-state index is -5.12. The number of halogens is 3. The molecule has 7 nitrogen and oxygen atoms in total. The molecule has 2 aromatic carbocycles. The number of alkyl halides is 3. The van der Waals surface area contributed by atoms with E-state index < -0.39 is 41.5 Å². The van der Waals surface area contributed by atoms with Gasteiger partial charge in [0, 0.05) is 6.92 Å². The average molecular weight is 656 g/mol. The molecular formula is C34H49F3NO6P. The third kappa shape index (κ3) is 6.67. The standard InChI is InChI=1S/C34H49F3NO6P/c1-21-38-32(20-42-21,34(30(5,6)7,31(8,9)10)44-45(39,40)41)24-14-17-26-22(19-24)11-18-27(28(26)33(35,36)37)43-25-15-12-23(13-16-25)29(2,3)4/h11,14,17-19,23,25H,12-13,15-16,20H2,1-10H3,(H2,39,40,41)/t23-,25-,32?. The molecule has 1 atom stereocenters. The van der Waals surface area contributed by atoms with Crippen molar-refractivity contribution in [2.24, 2.45) is 27.2 Å². The van der Waals surface area contributed by atoms with E-state index in [2.05, 4.69) is 20.8 Å². The van der Waals surface area contributed by atoms with Gasteiger partial charge in [-0.05, 0) is 76.3 Å². The quantitative estimate of drug-likeness (QED) is 0.301. The Morgan fingerprint density at radius 3 is 1.93 bits per heavy atom. The summed E-state index contributed by atoms with van der Waals surface area (Å²) in [5.41, 5.74) is -5.36. The summed E-state index contributed by atoms with van der Waals surface area (Å²) in [5.74, 6) is 0.581. The van der Waals surface area contributed by atoms with Crippen LogP contribution in [0.3, 0.4) is 0 Å². The van der Waals surface area contributed by atoms with Crippen LogP contribution in [0.1, 0.15) is 106 Å². The van der Waals surface area contributed by atoms with Crippen LogP contribution < -0.4 is 4.74 Å². The fourth-order valence-electron chi connectivity index (χ4n) is 8.15. The second kappa shape index (κ2) is 11.5. The molecule has 45 heavy (non-hydrogen) atoms. The van der Waals surface area contributed by atoms with Gasteiger partial charge in [-0.1, -0.05) is 80.5 Å². The van der Waals surface area contributed by atoms with Crippen LogP contribution in [0.25, 0.3) is 10.8 Å². The summed E-state index contributed by atoms with van der Waals surface area (Å²) in [6, 6.07) is 7.52. The molecule has 252 valence electrons. The highest BCUT2D eigenvalue weighted by molar-refractivity contribution is 7.46. The number of rotatable bonds is 6. The minimum Gasteiger partial charge on any atom is -0.490 e. The number of hydrogen-bond acceptors (Lipinski definition) is 5. The molecule has 0 radical (unpaired) electrons. The molecule has 2 aliphatic rings. The number of fused-ring (bicyclic) bond motifs is 1. The highest BCUT2D eigenvalue weighted by Crippen LogP contribution is 2.65. The Hall–Kier alpha value is -2.13. The lowest BCUT2D eigenvalue weighted by Gasteiger charge is -2.59. The van der Waals surface area contributed by atoms with E-state index in [1.165, 1.54) is 18.2 Å². The Labute approximate surface area is 265 Å². The van der Waals surface area contributed by atoms with E-state index >= 15 is 0 Å². The topological polar surface area (TPSA) is 97.6 Å². The van der Waals surface area contributed by atoms with Crippen molar-refractivity contribution in [3.63, 3.8) is 0 Å². The first-order chi connectivity index (χ1) is 20.3. The molecule has 1 aliphatic heterocycles. The zero-order chi connectivity index (χ0) is 34.0. The molecule has 0 bridgehead atoms. The Kier molecular flexibility index (Phi) is 9.16. The molecule has 0 saturated heterocycles. The Bertz CT molecular complexity index is 1470. The first kappa shape index (κ1) is 35.7. The van der Waals surface area contributed by atoms with Crippen LogP contribution in [0.15, 0.2) is 35.3 Å². The Morgan fingerprint density at radius 2 is 1.49 bits per heavy atom. The number of hydrogen-bond donors (Lipinski definition) is 2. The van der Waals surface area contributed by atoms with E-state index in [-0.39, 0.29) is 40.5 Å². The van der Waals surface area contributed by atoms with Gasteiger partial charge < -0.3 is 19.3 Å². The first-order valence-electron chi connectivity index (χ1n) is 15.6. The van der Waals surface area contributed by atoms with E-state index in [4.69, 9.17) is 19.0 Å². The zero-order valence-electron chi connectivity index (χ0n) is 28.1. The number of ether oxygens (including phenoxy) is 2. The van der Waals surface area contributed by atoms with Gasteiger partial charge in [-0.15, -0.1) is 0 Å². The number of phosphoric acid groups is 1. The molecule has 2 aromatic rings. The monoisotopic (exact) mass is 655 g/mol. The Balaban J connectivity index is 1.89. The van der Waals surface area contributed by atoms with E-state index in [0.717, 1.165) is 12.8 Å². The van der Waals surface area contributed by atoms with E-state index in [1.54, 1.807) is 60.6 Å². The van der Waals surface area contributed by atoms with Gasteiger partial charge in [0.25, 0.3) is 0 Å². The van der Waals surface area contributed by atoms with Crippen LogP contribution in [0.5, 0.6) is 5.75 Å². The third-order valence-electron chi connectivity index (χ3n) is 9.72. The summed E-state index contributed by atoms with van der Waals surface area (Å²) in [4.78, 5) is 25.3. The lowest BCUT2D eigenvalue weighted by molar-refractivity contribution is -0.181. The van der Waals surface area contributed by atoms with Crippen molar-refractivity contribution in [1.29, 1.82) is 0 Å². The van der Waals surface area contributed by atoms with Gasteiger partial charge in [0.1, 0.15) is 23.5 Å². The van der Waals surface area contributed by atoms with E-state index in [1.807, 2.05) is 0 Å². The maximum atomic E-state index is 14.7. The van der Waals surface area contributed by atoms with Crippen LogP contribution in [-0.2, 0) is 25.5 Å². The first-order valence-corrected chi connectivity index (χ1v) is 17.1. The highest BCUT2D eigenvalue weighted by atomic mass is 31.2. The summed E-state index contributed by atoms with van der Waals surface area (Å²) >= 11 is 0. The molecule has 1 unspecified atom stereocenters. The molecule has 11 heteroatoms. The molecule has 2 N–H and O–H groups in total. The van der Waals surface area contributed by atoms with Crippen molar-refractivity contribution in [3.8, 4) is 5.75 Å². The normalized spacial score (nSPS) is 24.0. The summed E-state index contributed by atoms with van der Waals surface area (Å²) in [5, 5.41) is 0.255. The van der Waals surface area contributed by atoms with Crippen molar-refractivity contribution in [2.75, 3.05) is 6.61 Å². The van der Waals surface area contributed by atoms with Crippen molar-refractivity contribution < 1.29 is 41.5 Å². The highest BCUT2D eigenvalue weighted by Gasteiger charge is 2.69. The summed E-state index contributed by atoms with van der Waals surface area (Å²) < 4.78 is 74.6. The number of benzene rings is 2. The van der Waals surface area contributed by atoms with Crippen LogP contribution in [-0.4, -0.2) is 34.0 Å². The number of aliphatic imine (C=N–C) groups is 1. The molecule has 0 aromatic heterocycles. The molecule has 0 spiro atoms. The summed E-state index contributed by atoms with van der Waals surface area (Å²) in [6.07, 6.45) is -1.81. The largest absolute Gasteiger partial charge is 0.490 e. The van der Waals surface area contributed by atoms with E-state index in [0.29, 0.717) is 24.3 Å². The van der Waals surface area contributed by atoms with Crippen molar-refractivity contribution in [1.82, 2.24) is 0 Å². The molecule has 1 fully saturated rings. The van der Waals surface area contributed by atoms with Crippen LogP contribution in [0, 0.1) is 22.2 Å². The van der Waals surface area contributed by atoms with Crippen LogP contribution >= 0.6 is 7.82 Å². The van der Waals surface area contributed by atoms with Gasteiger partial charge >= 0.3 is 14.0 Å². The molecule has 4 rings (SSSR count). The fourth-order valence-corrected chi connectivity index (χ4v) is 9.21. The predicted octanol–water partition coefficient (Wildman–Crippen LogP) is 9.43. The molecule has 1 saturated carbocycles. The zero-order valence-corrected chi connectivity index (χ0v) is 29.0. The van der Waals surface area contributed by atoms with Gasteiger partial charge in [-0.2, -0.15) is 13.2 Å². The molecule has 0 amide bonds. The lowest BCUT2D eigenvalue weighted by Crippen LogP contribution is -2.67. The van der Waals surface area contributed by atoms with Gasteiger partial charge in [0.2, 0.25) is 0 Å². The SMILES string of the molecule is CC1=NC(c2ccc3c(C(F)(F)F)c(O[C@H]4CC[C@H](C(C)(C)C)CC4)ccc3c2)(C(OP(=O)(O)O)(C(C)(C)C)C(C)(C)C)CO1. The Morgan fingerprint density at radius 1 is 0.911 bits per heavy atom. The van der Waals surface area contributed by atoms with Crippen molar-refractivity contribution in [3.05, 3.63) is 41.5 Å². The maximum Gasteiger partial charge on any atom is 0.470 e. The number of phosphoric ester groups is 1. The second-order valence-corrected chi connectivity index (χ2v) is 17.0. The van der Waals surface area contributed by atoms with Crippen molar-refractivity contribution in [2.45, 2.75) is 118 Å². The summed E-state index contributed by atoms with van der Waals surface area (Å²) in [6.45, 7) is 18.9. The van der Waals surface area contributed by atoms with Gasteiger partial charge in [0.15, 0.2) is 11.4 Å². The maximum absolute atomic E-state index is 14.7. The smallest absolute Gasteiger partial charge is 0.470 e. The lowest BCUT2D eigenvalue weighted by atomic mass is 9.52. The van der Waals surface area contributed by atoms with Gasteiger partial charge in [0.05, 0.1) is 6.10 Å². The van der Waals surface area contributed by atoms with Gasteiger partial charge in [-0.3, -0.25) is 4.52 Å². The molecular weight excluding hydrogens is 606 g/mol. The van der Waals surface area contributed by atoms with Crippen LogP contribution in [0.4, 0.5) is 13.2 Å². The van der Waals surface area contributed by atoms with Gasteiger partial charge in [-0.25, -0.2) is 9.56 Å². The van der Waals surface area contributed by atoms with Crippen molar-refractivity contribution >= 4 is 24.5 Å². The summed E-state index contributed by atoms with van der Waals surface area (Å²) in [7, 11) is -5.12. The van der Waals surface area contributed by atoms with E-state index in [9.17, 15) is 27.5 Å². The minimum absolute atomic E-state index is 0.0325. The fraction of sp³-hybridized carbons (Fsp3) is 0.676. The average Bonchev–Trinajstić information content (AvgIpc) is 3.26.